The highest BCUT2D eigenvalue weighted by Gasteiger charge is 2.25. The number of primary amides is 1. The number of piperazine rings is 1. The Morgan fingerprint density at radius 3 is 2.31 bits per heavy atom. The quantitative estimate of drug-likeness (QED) is 0.801. The van der Waals surface area contributed by atoms with Crippen LogP contribution in [0.25, 0.3) is 0 Å². The molecule has 0 unspecified atom stereocenters. The molecular formula is C18H26N4O3S. The Labute approximate surface area is 157 Å². The highest BCUT2D eigenvalue weighted by atomic mass is 32.1. The summed E-state index contributed by atoms with van der Waals surface area (Å²) in [5, 5.41) is 3.14. The van der Waals surface area contributed by atoms with Crippen LogP contribution >= 0.6 is 11.3 Å². The molecule has 3 rings (SSSR count). The van der Waals surface area contributed by atoms with Crippen molar-refractivity contribution >= 4 is 29.1 Å². The lowest BCUT2D eigenvalue weighted by Crippen LogP contribution is -2.51. The lowest BCUT2D eigenvalue weighted by molar-refractivity contribution is -0.123. The normalized spacial score (nSPS) is 19.3. The topological polar surface area (TPSA) is 95.7 Å². The number of nitrogens with two attached hydrogens (primary N) is 1. The molecule has 1 aromatic heterocycles. The summed E-state index contributed by atoms with van der Waals surface area (Å²) in [6, 6.07) is 3.57. The molecule has 3 amide bonds. The lowest BCUT2D eigenvalue weighted by Gasteiger charge is -2.34. The molecule has 1 saturated carbocycles. The number of thiophene rings is 1. The molecule has 0 atom stereocenters. The van der Waals surface area contributed by atoms with E-state index in [9.17, 15) is 14.4 Å². The number of rotatable bonds is 5. The molecule has 2 aliphatic rings. The SMILES string of the molecule is NC(=O)c1ccc(C(=O)N2CCN(CC(=O)NC3CCCCC3)CC2)s1. The van der Waals surface area contributed by atoms with Crippen LogP contribution in [0.1, 0.15) is 51.4 Å². The van der Waals surface area contributed by atoms with Gasteiger partial charge in [0.15, 0.2) is 0 Å². The predicted octanol–water partition coefficient (Wildman–Crippen LogP) is 1.05. The van der Waals surface area contributed by atoms with Crippen molar-refractivity contribution in [3.8, 4) is 0 Å². The molecule has 1 aliphatic carbocycles. The molecular weight excluding hydrogens is 352 g/mol. The summed E-state index contributed by atoms with van der Waals surface area (Å²) < 4.78 is 0. The first-order valence-electron chi connectivity index (χ1n) is 9.23. The van der Waals surface area contributed by atoms with E-state index in [0.717, 1.165) is 24.2 Å². The van der Waals surface area contributed by atoms with Gasteiger partial charge in [0.25, 0.3) is 11.8 Å². The Bertz CT molecular complexity index is 661. The third-order valence-electron chi connectivity index (χ3n) is 5.06. The molecule has 0 aromatic carbocycles. The molecule has 8 heteroatoms. The fraction of sp³-hybridized carbons (Fsp3) is 0.611. The maximum atomic E-state index is 12.5. The standard InChI is InChI=1S/C18H26N4O3S/c19-17(24)14-6-7-15(26-14)18(25)22-10-8-21(9-11-22)12-16(23)20-13-4-2-1-3-5-13/h6-7,13H,1-5,8-12H2,(H2,19,24)(H,20,23). The van der Waals surface area contributed by atoms with Crippen LogP contribution in [-0.4, -0.2) is 66.3 Å². The minimum absolute atomic E-state index is 0.0752. The Kier molecular flexibility index (Phi) is 6.26. The molecule has 2 heterocycles. The number of nitrogens with zero attached hydrogens (tertiary/aromatic N) is 2. The van der Waals surface area contributed by atoms with Gasteiger partial charge in [0.1, 0.15) is 0 Å². The van der Waals surface area contributed by atoms with Crippen molar-refractivity contribution in [3.05, 3.63) is 21.9 Å². The smallest absolute Gasteiger partial charge is 0.264 e. The zero-order valence-electron chi connectivity index (χ0n) is 14.9. The molecule has 3 N–H and O–H groups in total. The van der Waals surface area contributed by atoms with Gasteiger partial charge in [-0.2, -0.15) is 0 Å². The van der Waals surface area contributed by atoms with Crippen LogP contribution in [0.2, 0.25) is 0 Å². The number of hydrogen-bond donors (Lipinski definition) is 2. The van der Waals surface area contributed by atoms with Crippen LogP contribution in [0.4, 0.5) is 0 Å². The molecule has 142 valence electrons. The van der Waals surface area contributed by atoms with Crippen LogP contribution < -0.4 is 11.1 Å². The third-order valence-corrected chi connectivity index (χ3v) is 6.14. The van der Waals surface area contributed by atoms with Gasteiger partial charge in [-0.05, 0) is 25.0 Å². The second-order valence-electron chi connectivity index (χ2n) is 7.00. The van der Waals surface area contributed by atoms with Gasteiger partial charge < -0.3 is 16.0 Å². The van der Waals surface area contributed by atoms with E-state index in [-0.39, 0.29) is 11.8 Å². The summed E-state index contributed by atoms with van der Waals surface area (Å²) in [6.45, 7) is 2.91. The number of amides is 3. The van der Waals surface area contributed by atoms with E-state index in [2.05, 4.69) is 10.2 Å². The zero-order chi connectivity index (χ0) is 18.5. The van der Waals surface area contributed by atoms with Crippen molar-refractivity contribution in [1.29, 1.82) is 0 Å². The Balaban J connectivity index is 1.43. The minimum Gasteiger partial charge on any atom is -0.365 e. The first-order valence-corrected chi connectivity index (χ1v) is 10.0. The fourth-order valence-corrected chi connectivity index (χ4v) is 4.40. The second kappa shape index (κ2) is 8.64. The first kappa shape index (κ1) is 18.8. The molecule has 0 spiro atoms. The monoisotopic (exact) mass is 378 g/mol. The van der Waals surface area contributed by atoms with Crippen LogP contribution in [0.15, 0.2) is 12.1 Å². The average Bonchev–Trinajstić information content (AvgIpc) is 3.13. The van der Waals surface area contributed by atoms with E-state index in [1.807, 2.05) is 0 Å². The summed E-state index contributed by atoms with van der Waals surface area (Å²) in [6.07, 6.45) is 5.84. The lowest BCUT2D eigenvalue weighted by atomic mass is 9.95. The minimum atomic E-state index is -0.511. The van der Waals surface area contributed by atoms with Crippen LogP contribution in [0, 0.1) is 0 Å². The molecule has 1 aromatic rings. The molecule has 0 radical (unpaired) electrons. The second-order valence-corrected chi connectivity index (χ2v) is 8.08. The van der Waals surface area contributed by atoms with Crippen molar-refractivity contribution < 1.29 is 14.4 Å². The van der Waals surface area contributed by atoms with E-state index in [4.69, 9.17) is 5.73 Å². The fourth-order valence-electron chi connectivity index (χ4n) is 3.57. The van der Waals surface area contributed by atoms with Crippen molar-refractivity contribution in [3.63, 3.8) is 0 Å². The van der Waals surface area contributed by atoms with E-state index in [1.54, 1.807) is 17.0 Å². The number of hydrogen-bond acceptors (Lipinski definition) is 5. The average molecular weight is 378 g/mol. The van der Waals surface area contributed by atoms with Gasteiger partial charge >= 0.3 is 0 Å². The van der Waals surface area contributed by atoms with E-state index < -0.39 is 5.91 Å². The summed E-state index contributed by atoms with van der Waals surface area (Å²) in [5.74, 6) is -0.502. The van der Waals surface area contributed by atoms with Crippen molar-refractivity contribution in [2.45, 2.75) is 38.1 Å². The first-order chi connectivity index (χ1) is 12.5. The molecule has 1 saturated heterocycles. The molecule has 26 heavy (non-hydrogen) atoms. The maximum Gasteiger partial charge on any atom is 0.264 e. The Morgan fingerprint density at radius 2 is 1.69 bits per heavy atom. The van der Waals surface area contributed by atoms with Gasteiger partial charge in [-0.3, -0.25) is 19.3 Å². The van der Waals surface area contributed by atoms with Crippen LogP contribution in [-0.2, 0) is 4.79 Å². The van der Waals surface area contributed by atoms with Crippen molar-refractivity contribution in [1.82, 2.24) is 15.1 Å². The number of nitrogens with one attached hydrogen (secondary N) is 1. The molecule has 0 bridgehead atoms. The summed E-state index contributed by atoms with van der Waals surface area (Å²) in [4.78, 5) is 40.7. The Hall–Kier alpha value is -1.93. The van der Waals surface area contributed by atoms with Crippen LogP contribution in [0.5, 0.6) is 0 Å². The van der Waals surface area contributed by atoms with E-state index in [1.165, 1.54) is 19.3 Å². The van der Waals surface area contributed by atoms with Gasteiger partial charge in [-0.1, -0.05) is 19.3 Å². The molecule has 2 fully saturated rings. The van der Waals surface area contributed by atoms with Crippen LogP contribution in [0.3, 0.4) is 0 Å². The molecule has 1 aliphatic heterocycles. The summed E-state index contributed by atoms with van der Waals surface area (Å²) in [7, 11) is 0. The summed E-state index contributed by atoms with van der Waals surface area (Å²) in [5.41, 5.74) is 5.24. The highest BCUT2D eigenvalue weighted by Crippen LogP contribution is 2.19. The van der Waals surface area contributed by atoms with E-state index >= 15 is 0 Å². The zero-order valence-corrected chi connectivity index (χ0v) is 15.7. The largest absolute Gasteiger partial charge is 0.365 e. The van der Waals surface area contributed by atoms with Gasteiger partial charge in [0.05, 0.1) is 16.3 Å². The maximum absolute atomic E-state index is 12.5. The summed E-state index contributed by atoms with van der Waals surface area (Å²) >= 11 is 1.13. The van der Waals surface area contributed by atoms with E-state index in [0.29, 0.717) is 48.5 Å². The number of carbonyl (C=O) groups is 3. The Morgan fingerprint density at radius 1 is 1.04 bits per heavy atom. The predicted molar refractivity (Wildman–Crippen MR) is 100 cm³/mol. The van der Waals surface area contributed by atoms with Crippen molar-refractivity contribution in [2.75, 3.05) is 32.7 Å². The third kappa shape index (κ3) is 4.82. The van der Waals surface area contributed by atoms with Gasteiger partial charge in [-0.15, -0.1) is 11.3 Å². The van der Waals surface area contributed by atoms with Gasteiger partial charge in [-0.25, -0.2) is 0 Å². The highest BCUT2D eigenvalue weighted by molar-refractivity contribution is 7.15. The van der Waals surface area contributed by atoms with Gasteiger partial charge in [0.2, 0.25) is 5.91 Å². The number of carbonyl (C=O) groups excluding carboxylic acids is 3. The van der Waals surface area contributed by atoms with Crippen molar-refractivity contribution in [2.24, 2.45) is 5.73 Å². The molecule has 7 nitrogen and oxygen atoms in total. The van der Waals surface area contributed by atoms with Gasteiger partial charge in [0, 0.05) is 32.2 Å².